The van der Waals surface area contributed by atoms with Crippen molar-refractivity contribution in [2.75, 3.05) is 7.11 Å². The molecule has 0 aliphatic heterocycles. The fourth-order valence-electron chi connectivity index (χ4n) is 20.0. The van der Waals surface area contributed by atoms with E-state index in [0.717, 1.165) is 138 Å². The van der Waals surface area contributed by atoms with Crippen LogP contribution in [0, 0.1) is 29.3 Å². The van der Waals surface area contributed by atoms with Crippen LogP contribution in [0.2, 0.25) is 5.02 Å². The van der Waals surface area contributed by atoms with Gasteiger partial charge in [-0.2, -0.15) is 26.3 Å². The van der Waals surface area contributed by atoms with Gasteiger partial charge in [-0.3, -0.25) is 0 Å². The zero-order valence-electron chi connectivity index (χ0n) is 83.1. The first-order valence-corrected chi connectivity index (χ1v) is 50.6. The number of unbranched alkanes of at least 4 members (excludes halogenated alkanes) is 4. The monoisotopic (exact) mass is 2000 g/mol. The van der Waals surface area contributed by atoms with Gasteiger partial charge < -0.3 is 4.74 Å². The van der Waals surface area contributed by atoms with Gasteiger partial charge in [-0.1, -0.05) is 440 Å². The van der Waals surface area contributed by atoms with Crippen molar-refractivity contribution in [2.45, 2.75) is 84.2 Å². The fourth-order valence-corrected chi connectivity index (χ4v) is 20.2. The minimum atomic E-state index is -5.19. The molecule has 0 aromatic heterocycles. The number of hydrogen-bond donors (Lipinski definition) is 0. The number of benzene rings is 19. The SMILES string of the molecule is C=C(c1ccc(-c2c(-c3ccc(-c4cc(F)cc(F)c4)cc3)c(-c3ccc(/C=C/c4cccc(F)c4)cc3)c(-c3ccc(-c4ccccc4COC)c(-c4ccc(/C=C/CCCCCC)cc4)c3)c(-c3c(-c4ccc(/C=C/Cc5ccccc5)cc4)c(-c4ccc(-c5ccc(Cl)cc5)cc4)[c]c(-c4ccc(/C=C/c5ccccc5)cc4)c3-c3ccc(-c4ccccc4F)cc3)c2C(C)C)cc1)c1cc(C(F)(F)F)cc(C(F)(F)F)c1. The van der Waals surface area contributed by atoms with E-state index < -0.39 is 58.2 Å². The lowest BCUT2D eigenvalue weighted by Gasteiger charge is -2.33. The van der Waals surface area contributed by atoms with Crippen LogP contribution < -0.4 is 0 Å². The average molecular weight is 2000 g/mol. The predicted octanol–water partition coefficient (Wildman–Crippen LogP) is 41.0. The van der Waals surface area contributed by atoms with Crippen LogP contribution in [0.25, 0.3) is 198 Å². The number of hydrogen-bond acceptors (Lipinski definition) is 1. The summed E-state index contributed by atoms with van der Waals surface area (Å²) in [7, 11) is 1.68. The topological polar surface area (TPSA) is 9.23 Å². The summed E-state index contributed by atoms with van der Waals surface area (Å²) in [6.45, 7) is 11.1. The van der Waals surface area contributed by atoms with Crippen LogP contribution in [0.15, 0.2) is 425 Å². The van der Waals surface area contributed by atoms with E-state index in [2.05, 4.69) is 234 Å². The normalized spacial score (nSPS) is 11.9. The summed E-state index contributed by atoms with van der Waals surface area (Å²) in [5.74, 6) is -3.01. The highest BCUT2D eigenvalue weighted by atomic mass is 35.5. The third kappa shape index (κ3) is 23.4. The summed E-state index contributed by atoms with van der Waals surface area (Å²) >= 11 is 6.67. The lowest BCUT2D eigenvalue weighted by molar-refractivity contribution is -0.143. The van der Waals surface area contributed by atoms with Crippen LogP contribution in [0.1, 0.15) is 131 Å². The van der Waals surface area contributed by atoms with E-state index in [4.69, 9.17) is 16.3 Å². The largest absolute Gasteiger partial charge is 0.416 e. The molecule has 0 saturated carbocycles. The first kappa shape index (κ1) is 102. The third-order valence-electron chi connectivity index (χ3n) is 27.5. The van der Waals surface area contributed by atoms with Gasteiger partial charge >= 0.3 is 12.4 Å². The molecule has 0 aliphatic carbocycles. The number of allylic oxidation sites excluding steroid dienone is 2. The van der Waals surface area contributed by atoms with Gasteiger partial charge in [0.05, 0.1) is 17.7 Å². The molecule has 19 aromatic rings. The Morgan fingerprint density at radius 2 is 0.747 bits per heavy atom. The molecule has 0 spiro atoms. The van der Waals surface area contributed by atoms with E-state index in [1.165, 1.54) is 30.3 Å². The van der Waals surface area contributed by atoms with Crippen LogP contribution >= 0.6 is 11.6 Å². The molecule has 0 unspecified atom stereocenters. The lowest BCUT2D eigenvalue weighted by Crippen LogP contribution is -2.11. The van der Waals surface area contributed by atoms with Gasteiger partial charge in [0.2, 0.25) is 0 Å². The third-order valence-corrected chi connectivity index (χ3v) is 27.8. The van der Waals surface area contributed by atoms with Crippen molar-refractivity contribution in [3.05, 3.63) is 532 Å². The fraction of sp³-hybridized carbons (Fsp3) is 0.101. The van der Waals surface area contributed by atoms with Crippen LogP contribution in [0.5, 0.6) is 0 Å². The van der Waals surface area contributed by atoms with Gasteiger partial charge in [-0.25, -0.2) is 17.6 Å². The summed E-state index contributed by atoms with van der Waals surface area (Å²) in [4.78, 5) is 0. The van der Waals surface area contributed by atoms with Crippen molar-refractivity contribution in [1.29, 1.82) is 0 Å². The van der Waals surface area contributed by atoms with E-state index in [-0.39, 0.29) is 29.4 Å². The molecule has 0 saturated heterocycles. The molecule has 0 amide bonds. The van der Waals surface area contributed by atoms with Gasteiger partial charge in [0.25, 0.3) is 0 Å². The second-order valence-electron chi connectivity index (χ2n) is 38.0. The lowest BCUT2D eigenvalue weighted by atomic mass is 9.69. The standard InChI is InChI=1S/C138H104ClF10O/c1-6-7-8-9-10-13-28-93-41-49-103(50-42-93)124-84-111(75-78-123(124)121-34-19-18-32-112(121)88-150-5)134-133(108-55-47-96(48-56-108)39-40-97-31-23-33-118(140)79-97)132(110-69-61-101(62-70-110)114-82-119(141)86-120(142)83-114)131(109-67-57-98(58-68-109)90(4)113-80-115(137(144,145)146)85-116(81-113)138(147,148)149)128(89(2)3)135(134)136-129(106-53-45-94(46-54-106)30-22-29-91-24-14-11-15-25-91)126(105-63-59-99(60-64-105)100-73-76-117(139)77-74-100)87-125(104-51-43-95(44-52-104)38-37-92-26-16-12-17-27-92)130(136)107-71-65-102(66-72-107)122-35-20-21-36-127(122)143/h11-28,30-86,89H,4,6-10,29,88H2,1-3,5H3/b28-13+,30-22+,38-37+,40-39+. The Kier molecular flexibility index (Phi) is 31.2. The van der Waals surface area contributed by atoms with E-state index >= 15 is 43.9 Å². The van der Waals surface area contributed by atoms with E-state index in [9.17, 15) is 0 Å². The summed E-state index contributed by atoms with van der Waals surface area (Å²) in [6.07, 6.45) is 12.3. The molecule has 0 heterocycles. The van der Waals surface area contributed by atoms with Gasteiger partial charge in [0, 0.05) is 23.8 Å². The Morgan fingerprint density at radius 3 is 1.30 bits per heavy atom. The van der Waals surface area contributed by atoms with Crippen molar-refractivity contribution < 1.29 is 48.6 Å². The quantitative estimate of drug-likeness (QED) is 0.0232. The number of ether oxygens (including phenoxy) is 1. The molecule has 739 valence electrons. The molecule has 1 radical (unpaired) electrons. The maximum atomic E-state index is 16.8. The van der Waals surface area contributed by atoms with Gasteiger partial charge in [0.1, 0.15) is 23.3 Å². The number of halogens is 11. The minimum Gasteiger partial charge on any atom is -0.380 e. The highest BCUT2D eigenvalue weighted by molar-refractivity contribution is 6.30. The predicted molar refractivity (Wildman–Crippen MR) is 603 cm³/mol. The minimum absolute atomic E-state index is 0.104. The number of alkyl halides is 6. The first-order chi connectivity index (χ1) is 72.8. The molecule has 0 atom stereocenters. The molecular formula is C138H104ClF10O. The summed E-state index contributed by atoms with van der Waals surface area (Å²) in [5, 5.41) is 0.574. The maximum absolute atomic E-state index is 16.8. The second-order valence-corrected chi connectivity index (χ2v) is 38.4. The number of rotatable bonds is 32. The van der Waals surface area contributed by atoms with Gasteiger partial charge in [-0.05, 0) is 315 Å². The molecule has 0 fully saturated rings. The molecule has 12 heteroatoms. The van der Waals surface area contributed by atoms with Gasteiger partial charge in [0.15, 0.2) is 0 Å². The first-order valence-electron chi connectivity index (χ1n) is 50.3. The van der Waals surface area contributed by atoms with Crippen LogP contribution in [-0.2, 0) is 30.1 Å². The zero-order chi connectivity index (χ0) is 104. The summed E-state index contributed by atoms with van der Waals surface area (Å²) < 4.78 is 161. The molecule has 0 aliphatic rings. The van der Waals surface area contributed by atoms with Crippen molar-refractivity contribution in [1.82, 2.24) is 0 Å². The van der Waals surface area contributed by atoms with Gasteiger partial charge in [-0.15, -0.1) is 0 Å². The molecule has 0 bridgehead atoms. The highest BCUT2D eigenvalue weighted by Gasteiger charge is 2.39. The average Bonchev–Trinajstić information content (AvgIpc) is 0.696. The molecule has 150 heavy (non-hydrogen) atoms. The Bertz CT molecular complexity index is 8150. The van der Waals surface area contributed by atoms with Crippen molar-refractivity contribution in [2.24, 2.45) is 0 Å². The molecule has 19 aromatic carbocycles. The van der Waals surface area contributed by atoms with Crippen LogP contribution in [0.3, 0.4) is 0 Å². The molecule has 19 rings (SSSR count). The molecule has 0 N–H and O–H groups in total. The molecular weight excluding hydrogens is 1900 g/mol. The van der Waals surface area contributed by atoms with Crippen molar-refractivity contribution in [3.63, 3.8) is 0 Å². The number of methoxy groups -OCH3 is 1. The Labute approximate surface area is 875 Å². The summed E-state index contributed by atoms with van der Waals surface area (Å²) in [6, 6.07) is 130. The Hall–Kier alpha value is -16.6. The van der Waals surface area contributed by atoms with Crippen LogP contribution in [0.4, 0.5) is 43.9 Å². The Balaban J connectivity index is 1.04. The van der Waals surface area contributed by atoms with E-state index in [1.807, 2.05) is 170 Å². The smallest absolute Gasteiger partial charge is 0.380 e. The van der Waals surface area contributed by atoms with E-state index in [1.54, 1.807) is 37.4 Å². The second kappa shape index (κ2) is 45.8. The highest BCUT2D eigenvalue weighted by Crippen LogP contribution is 2.61. The summed E-state index contributed by atoms with van der Waals surface area (Å²) in [5.41, 5.74) is 23.8. The van der Waals surface area contributed by atoms with E-state index in [0.29, 0.717) is 124 Å². The van der Waals surface area contributed by atoms with Crippen molar-refractivity contribution >= 4 is 53.6 Å². The zero-order valence-corrected chi connectivity index (χ0v) is 83.9. The van der Waals surface area contributed by atoms with Crippen LogP contribution in [-0.4, -0.2) is 7.11 Å². The van der Waals surface area contributed by atoms with Crippen molar-refractivity contribution in [3.8, 4) is 156 Å². The maximum Gasteiger partial charge on any atom is 0.416 e. The Morgan fingerprint density at radius 1 is 0.320 bits per heavy atom. The molecule has 1 nitrogen and oxygen atoms in total.